The number of rotatable bonds is 9. The van der Waals surface area contributed by atoms with E-state index in [-0.39, 0.29) is 28.1 Å². The number of anilines is 2. The number of fused-ring (bicyclic) bond motifs is 1. The summed E-state index contributed by atoms with van der Waals surface area (Å²) in [6, 6.07) is 3.02. The van der Waals surface area contributed by atoms with Gasteiger partial charge in [0.1, 0.15) is 11.5 Å². The van der Waals surface area contributed by atoms with E-state index in [0.29, 0.717) is 50.1 Å². The molecule has 0 atom stereocenters. The van der Waals surface area contributed by atoms with Gasteiger partial charge in [-0.25, -0.2) is 14.8 Å². The molecule has 0 unspecified atom stereocenters. The highest BCUT2D eigenvalue weighted by molar-refractivity contribution is 7.14. The number of aliphatic carboxylic acids is 1. The molecule has 4 heterocycles. The highest BCUT2D eigenvalue weighted by Crippen LogP contribution is 2.27. The molecule has 1 saturated heterocycles. The molecule has 0 radical (unpaired) electrons. The molecule has 1 aliphatic rings. The van der Waals surface area contributed by atoms with Crippen LogP contribution in [0, 0.1) is 0 Å². The molecular weight excluding hydrogens is 546 g/mol. The third-order valence-corrected chi connectivity index (χ3v) is 7.53. The van der Waals surface area contributed by atoms with Gasteiger partial charge in [0.05, 0.1) is 11.3 Å². The molecule has 1 fully saturated rings. The van der Waals surface area contributed by atoms with E-state index >= 15 is 0 Å². The van der Waals surface area contributed by atoms with E-state index < -0.39 is 17.4 Å². The number of carbonyl (C=O) groups is 3. The molecule has 12 nitrogen and oxygen atoms in total. The zero-order valence-corrected chi connectivity index (χ0v) is 24.2. The predicted molar refractivity (Wildman–Crippen MR) is 159 cm³/mol. The number of nitrogens with two attached hydrogens (primary N) is 1. The zero-order valence-electron chi connectivity index (χ0n) is 23.4. The number of piperazine rings is 1. The number of carbonyl (C=O) groups excluding carboxylic acids is 2. The lowest BCUT2D eigenvalue weighted by atomic mass is 9.93. The topological polar surface area (TPSA) is 163 Å². The van der Waals surface area contributed by atoms with Crippen molar-refractivity contribution < 1.29 is 19.5 Å². The van der Waals surface area contributed by atoms with Crippen LogP contribution in [0.4, 0.5) is 10.9 Å². The van der Waals surface area contributed by atoms with E-state index in [1.165, 1.54) is 40.1 Å². The van der Waals surface area contributed by atoms with Crippen LogP contribution in [0.15, 0.2) is 34.6 Å². The number of nitrogens with zero attached hydrogens (tertiary/aromatic N) is 5. The van der Waals surface area contributed by atoms with Gasteiger partial charge >= 0.3 is 5.97 Å². The molecule has 4 N–H and O–H groups in total. The molecule has 0 spiro atoms. The fourth-order valence-electron chi connectivity index (χ4n) is 4.41. The summed E-state index contributed by atoms with van der Waals surface area (Å²) in [6.45, 7) is 8.38. The van der Waals surface area contributed by atoms with Crippen molar-refractivity contribution in [1.82, 2.24) is 19.3 Å². The minimum Gasteiger partial charge on any atom is -0.478 e. The summed E-state index contributed by atoms with van der Waals surface area (Å²) in [5, 5.41) is 14.4. The summed E-state index contributed by atoms with van der Waals surface area (Å²) in [5.41, 5.74) is 6.41. The van der Waals surface area contributed by atoms with E-state index in [4.69, 9.17) is 5.73 Å². The van der Waals surface area contributed by atoms with E-state index in [0.717, 1.165) is 24.6 Å². The van der Waals surface area contributed by atoms with Crippen molar-refractivity contribution >= 4 is 51.8 Å². The van der Waals surface area contributed by atoms with Gasteiger partial charge < -0.3 is 20.6 Å². The fraction of sp³-hybridized carbons (Fsp3) is 0.429. The first-order valence-electron chi connectivity index (χ1n) is 13.5. The van der Waals surface area contributed by atoms with Crippen LogP contribution in [0.3, 0.4) is 0 Å². The van der Waals surface area contributed by atoms with Crippen molar-refractivity contribution in [3.63, 3.8) is 0 Å². The Labute approximate surface area is 241 Å². The second kappa shape index (κ2) is 12.6. The molecule has 0 aliphatic carbocycles. The van der Waals surface area contributed by atoms with Gasteiger partial charge in [-0.1, -0.05) is 20.8 Å². The maximum absolute atomic E-state index is 13.5. The number of thiazole rings is 1. The normalized spacial score (nSPS) is 14.1. The van der Waals surface area contributed by atoms with E-state index in [1.807, 2.05) is 31.1 Å². The Kier molecular flexibility index (Phi) is 9.18. The highest BCUT2D eigenvalue weighted by Gasteiger charge is 2.25. The number of aromatic nitrogens is 3. The van der Waals surface area contributed by atoms with E-state index in [1.54, 1.807) is 4.90 Å². The molecule has 3 aromatic rings. The van der Waals surface area contributed by atoms with Crippen LogP contribution < -0.4 is 21.5 Å². The summed E-state index contributed by atoms with van der Waals surface area (Å²) in [4.78, 5) is 63.1. The molecule has 0 aromatic carbocycles. The number of hydrogen-bond acceptors (Lipinski definition) is 9. The maximum atomic E-state index is 13.5. The van der Waals surface area contributed by atoms with Gasteiger partial charge in [0.2, 0.25) is 5.91 Å². The maximum Gasteiger partial charge on any atom is 0.328 e. The first-order valence-corrected chi connectivity index (χ1v) is 14.3. The minimum absolute atomic E-state index is 0.0566. The van der Waals surface area contributed by atoms with Crippen molar-refractivity contribution in [1.29, 1.82) is 0 Å². The number of pyridine rings is 1. The Morgan fingerprint density at radius 2 is 1.88 bits per heavy atom. The van der Waals surface area contributed by atoms with Gasteiger partial charge in [0, 0.05) is 61.2 Å². The average molecular weight is 582 g/mol. The first-order chi connectivity index (χ1) is 19.5. The molecule has 41 heavy (non-hydrogen) atoms. The Bertz CT molecular complexity index is 1530. The second-order valence-electron chi connectivity index (χ2n) is 10.8. The largest absolute Gasteiger partial charge is 0.478 e. The van der Waals surface area contributed by atoms with Crippen molar-refractivity contribution in [3.05, 3.63) is 57.0 Å². The SMILES string of the molecule is CC(C)(C)c1csc(NC(=O)c2ccn3c(=O)c(C=CC(=O)O)c(N4CCN(C(=O)CCCCN)CC4)nc3c2)n1. The fourth-order valence-corrected chi connectivity index (χ4v) is 5.35. The molecule has 4 rings (SSSR count). The van der Waals surface area contributed by atoms with Gasteiger partial charge in [-0.3, -0.25) is 24.1 Å². The third-order valence-electron chi connectivity index (χ3n) is 6.77. The monoisotopic (exact) mass is 581 g/mol. The smallest absolute Gasteiger partial charge is 0.328 e. The van der Waals surface area contributed by atoms with Gasteiger partial charge in [0.15, 0.2) is 5.13 Å². The predicted octanol–water partition coefficient (Wildman–Crippen LogP) is 2.58. The summed E-state index contributed by atoms with van der Waals surface area (Å²) in [5.74, 6) is -1.23. The highest BCUT2D eigenvalue weighted by atomic mass is 32.1. The van der Waals surface area contributed by atoms with Crippen LogP contribution in [0.2, 0.25) is 0 Å². The number of unbranched alkanes of at least 4 members (excludes halogenated alkanes) is 1. The molecular formula is C28H35N7O5S. The van der Waals surface area contributed by atoms with Crippen molar-refractivity contribution in [2.45, 2.75) is 45.4 Å². The van der Waals surface area contributed by atoms with Crippen molar-refractivity contribution in [2.75, 3.05) is 42.9 Å². The molecule has 13 heteroatoms. The van der Waals surface area contributed by atoms with Crippen LogP contribution in [-0.4, -0.2) is 74.9 Å². The Morgan fingerprint density at radius 1 is 1.15 bits per heavy atom. The van der Waals surface area contributed by atoms with Crippen molar-refractivity contribution in [3.8, 4) is 0 Å². The Hall–Kier alpha value is -4.10. The lowest BCUT2D eigenvalue weighted by molar-refractivity contribution is -0.132. The third kappa shape index (κ3) is 7.16. The minimum atomic E-state index is -1.20. The van der Waals surface area contributed by atoms with Gasteiger partial charge in [-0.05, 0) is 37.6 Å². The lowest BCUT2D eigenvalue weighted by Crippen LogP contribution is -2.49. The molecule has 218 valence electrons. The molecule has 1 aliphatic heterocycles. The summed E-state index contributed by atoms with van der Waals surface area (Å²) in [7, 11) is 0. The van der Waals surface area contributed by atoms with Crippen LogP contribution in [0.5, 0.6) is 0 Å². The average Bonchev–Trinajstić information content (AvgIpc) is 3.41. The first kappa shape index (κ1) is 29.9. The van der Waals surface area contributed by atoms with Crippen LogP contribution in [0.1, 0.15) is 61.6 Å². The molecule has 2 amide bonds. The quantitative estimate of drug-likeness (QED) is 0.255. The van der Waals surface area contributed by atoms with Gasteiger partial charge in [-0.15, -0.1) is 11.3 Å². The lowest BCUT2D eigenvalue weighted by Gasteiger charge is -2.36. The Morgan fingerprint density at radius 3 is 2.51 bits per heavy atom. The zero-order chi connectivity index (χ0) is 29.7. The standard InChI is InChI=1S/C28H35N7O5S/c1-28(2,3)20-17-41-27(30-20)32-25(39)18-9-11-35-21(16-18)31-24(19(26(35)40)7-8-23(37)38)34-14-12-33(13-15-34)22(36)6-4-5-10-29/h7-9,11,16-17H,4-6,10,12-15,29H2,1-3H3,(H,37,38)(H,30,32,39). The Balaban J connectivity index is 1.62. The summed E-state index contributed by atoms with van der Waals surface area (Å²) in [6.07, 6.45) is 5.54. The molecule has 0 saturated carbocycles. The number of carboxylic acid groups (broad SMARTS) is 1. The van der Waals surface area contributed by atoms with Gasteiger partial charge in [-0.2, -0.15) is 0 Å². The summed E-state index contributed by atoms with van der Waals surface area (Å²) >= 11 is 1.33. The molecule has 3 aromatic heterocycles. The van der Waals surface area contributed by atoms with E-state index in [2.05, 4.69) is 15.3 Å². The van der Waals surface area contributed by atoms with Crippen molar-refractivity contribution in [2.24, 2.45) is 5.73 Å². The number of hydrogen-bond donors (Lipinski definition) is 3. The second-order valence-corrected chi connectivity index (χ2v) is 11.7. The van der Waals surface area contributed by atoms with E-state index in [9.17, 15) is 24.3 Å². The van der Waals surface area contributed by atoms with Crippen LogP contribution >= 0.6 is 11.3 Å². The number of amides is 2. The number of nitrogens with one attached hydrogen (secondary N) is 1. The number of carboxylic acids is 1. The van der Waals surface area contributed by atoms with Crippen LogP contribution in [-0.2, 0) is 15.0 Å². The molecule has 0 bridgehead atoms. The summed E-state index contributed by atoms with van der Waals surface area (Å²) < 4.78 is 1.28. The van der Waals surface area contributed by atoms with Crippen LogP contribution in [0.25, 0.3) is 11.7 Å². The van der Waals surface area contributed by atoms with Gasteiger partial charge in [0.25, 0.3) is 11.5 Å².